The number of nitrogens with zero attached hydrogens (tertiary/aromatic N) is 1. The van der Waals surface area contributed by atoms with Crippen molar-refractivity contribution in [2.24, 2.45) is 5.73 Å². The summed E-state index contributed by atoms with van der Waals surface area (Å²) in [7, 11) is 1.54. The van der Waals surface area contributed by atoms with Gasteiger partial charge in [0.2, 0.25) is 11.8 Å². The maximum absolute atomic E-state index is 12.3. The molecule has 0 aromatic heterocycles. The highest BCUT2D eigenvalue weighted by molar-refractivity contribution is 5.85. The number of rotatable bonds is 8. The molecule has 24 heavy (non-hydrogen) atoms. The number of hydrogen-bond donors (Lipinski definition) is 2. The summed E-state index contributed by atoms with van der Waals surface area (Å²) in [6.45, 7) is 1.54. The molecule has 1 aliphatic rings. The van der Waals surface area contributed by atoms with E-state index < -0.39 is 0 Å². The van der Waals surface area contributed by atoms with Gasteiger partial charge >= 0.3 is 0 Å². The fourth-order valence-electron chi connectivity index (χ4n) is 2.76. The van der Waals surface area contributed by atoms with Crippen LogP contribution in [0.5, 0.6) is 0 Å². The molecule has 7 heteroatoms. The van der Waals surface area contributed by atoms with Crippen LogP contribution in [0.3, 0.4) is 0 Å². The molecule has 1 saturated heterocycles. The molecule has 6 nitrogen and oxygen atoms in total. The maximum atomic E-state index is 12.3. The third-order valence-corrected chi connectivity index (χ3v) is 4.12. The summed E-state index contributed by atoms with van der Waals surface area (Å²) in [6, 6.07) is 9.49. The number of amides is 2. The minimum atomic E-state index is -0.292. The van der Waals surface area contributed by atoms with E-state index in [-0.39, 0.29) is 42.8 Å². The minimum Gasteiger partial charge on any atom is -0.380 e. The molecule has 0 aliphatic carbocycles. The fraction of sp³-hybridized carbons (Fsp3) is 0.529. The van der Waals surface area contributed by atoms with Gasteiger partial charge in [0.25, 0.3) is 0 Å². The van der Waals surface area contributed by atoms with Crippen LogP contribution in [0.2, 0.25) is 0 Å². The van der Waals surface area contributed by atoms with Crippen molar-refractivity contribution in [1.29, 1.82) is 0 Å². The van der Waals surface area contributed by atoms with Crippen LogP contribution in [0, 0.1) is 0 Å². The Morgan fingerprint density at radius 2 is 2.08 bits per heavy atom. The summed E-state index contributed by atoms with van der Waals surface area (Å²) in [5.41, 5.74) is 6.55. The highest BCUT2D eigenvalue weighted by Crippen LogP contribution is 2.18. The number of methoxy groups -OCH3 is 1. The first-order valence-corrected chi connectivity index (χ1v) is 7.99. The third kappa shape index (κ3) is 5.78. The van der Waals surface area contributed by atoms with Gasteiger partial charge in [0.15, 0.2) is 0 Å². The predicted octanol–water partition coefficient (Wildman–Crippen LogP) is 1.25. The van der Waals surface area contributed by atoms with E-state index in [1.807, 2.05) is 35.2 Å². The SMILES string of the molecule is COC(CN)CC(=O)NC(CN1CCCC1=O)c1ccccc1.Cl. The smallest absolute Gasteiger partial charge is 0.223 e. The Balaban J connectivity index is 0.00000288. The fourth-order valence-corrected chi connectivity index (χ4v) is 2.76. The number of nitrogens with one attached hydrogen (secondary N) is 1. The summed E-state index contributed by atoms with van der Waals surface area (Å²) in [4.78, 5) is 25.9. The predicted molar refractivity (Wildman–Crippen MR) is 94.9 cm³/mol. The molecule has 0 spiro atoms. The second-order valence-corrected chi connectivity index (χ2v) is 5.77. The number of carbonyl (C=O) groups is 2. The van der Waals surface area contributed by atoms with Crippen LogP contribution in [0.25, 0.3) is 0 Å². The van der Waals surface area contributed by atoms with Gasteiger partial charge < -0.3 is 20.7 Å². The summed E-state index contributed by atoms with van der Waals surface area (Å²) < 4.78 is 5.16. The number of likely N-dealkylation sites (tertiary alicyclic amines) is 1. The second kappa shape index (κ2) is 10.3. The first-order valence-electron chi connectivity index (χ1n) is 7.99. The van der Waals surface area contributed by atoms with Gasteiger partial charge in [-0.3, -0.25) is 9.59 Å². The van der Waals surface area contributed by atoms with Gasteiger partial charge in [0.1, 0.15) is 0 Å². The molecule has 1 aliphatic heterocycles. The van der Waals surface area contributed by atoms with Crippen LogP contribution in [0.15, 0.2) is 30.3 Å². The van der Waals surface area contributed by atoms with Crippen molar-refractivity contribution >= 4 is 24.2 Å². The normalized spacial score (nSPS) is 16.4. The van der Waals surface area contributed by atoms with Crippen molar-refractivity contribution in [3.63, 3.8) is 0 Å². The van der Waals surface area contributed by atoms with Gasteiger partial charge in [-0.2, -0.15) is 0 Å². The molecule has 2 atom stereocenters. The van der Waals surface area contributed by atoms with Crippen molar-refractivity contribution in [2.75, 3.05) is 26.7 Å². The Morgan fingerprint density at radius 1 is 1.38 bits per heavy atom. The largest absolute Gasteiger partial charge is 0.380 e. The lowest BCUT2D eigenvalue weighted by atomic mass is 10.1. The molecular formula is C17H26ClN3O3. The number of ether oxygens (including phenoxy) is 1. The molecule has 2 rings (SSSR count). The Kier molecular flexibility index (Phi) is 8.74. The van der Waals surface area contributed by atoms with E-state index in [2.05, 4.69) is 5.32 Å². The molecule has 134 valence electrons. The van der Waals surface area contributed by atoms with E-state index in [0.717, 1.165) is 18.5 Å². The van der Waals surface area contributed by atoms with Crippen molar-refractivity contribution < 1.29 is 14.3 Å². The van der Waals surface area contributed by atoms with Crippen LogP contribution in [-0.4, -0.2) is 49.6 Å². The Labute approximate surface area is 149 Å². The van der Waals surface area contributed by atoms with Crippen molar-refractivity contribution in [3.05, 3.63) is 35.9 Å². The van der Waals surface area contributed by atoms with E-state index in [4.69, 9.17) is 10.5 Å². The third-order valence-electron chi connectivity index (χ3n) is 4.12. The first kappa shape index (κ1) is 20.4. The van der Waals surface area contributed by atoms with Crippen LogP contribution in [0.1, 0.15) is 30.9 Å². The van der Waals surface area contributed by atoms with Crippen LogP contribution < -0.4 is 11.1 Å². The van der Waals surface area contributed by atoms with Gasteiger partial charge in [-0.1, -0.05) is 30.3 Å². The van der Waals surface area contributed by atoms with Gasteiger partial charge in [0.05, 0.1) is 18.6 Å². The molecule has 2 amide bonds. The van der Waals surface area contributed by atoms with Gasteiger partial charge in [-0.05, 0) is 12.0 Å². The van der Waals surface area contributed by atoms with Gasteiger partial charge in [-0.15, -0.1) is 12.4 Å². The molecule has 0 radical (unpaired) electrons. The number of halogens is 1. The Hall–Kier alpha value is -1.63. The number of hydrogen-bond acceptors (Lipinski definition) is 4. The zero-order chi connectivity index (χ0) is 16.7. The lowest BCUT2D eigenvalue weighted by Crippen LogP contribution is -2.40. The highest BCUT2D eigenvalue weighted by Gasteiger charge is 2.25. The topological polar surface area (TPSA) is 84.7 Å². The average molecular weight is 356 g/mol. The van der Waals surface area contributed by atoms with E-state index in [9.17, 15) is 9.59 Å². The zero-order valence-corrected chi connectivity index (χ0v) is 14.8. The number of benzene rings is 1. The molecule has 1 fully saturated rings. The molecule has 2 unspecified atom stereocenters. The van der Waals surface area contributed by atoms with Gasteiger partial charge in [0, 0.05) is 33.2 Å². The van der Waals surface area contributed by atoms with E-state index in [0.29, 0.717) is 19.5 Å². The first-order chi connectivity index (χ1) is 11.1. The Bertz CT molecular complexity index is 523. The molecule has 1 aromatic carbocycles. The molecule has 3 N–H and O–H groups in total. The maximum Gasteiger partial charge on any atom is 0.223 e. The van der Waals surface area contributed by atoms with Crippen molar-refractivity contribution in [2.45, 2.75) is 31.4 Å². The quantitative estimate of drug-likeness (QED) is 0.735. The molecule has 0 bridgehead atoms. The monoisotopic (exact) mass is 355 g/mol. The van der Waals surface area contributed by atoms with Crippen molar-refractivity contribution in [3.8, 4) is 0 Å². The highest BCUT2D eigenvalue weighted by atomic mass is 35.5. The van der Waals surface area contributed by atoms with E-state index in [1.54, 1.807) is 7.11 Å². The summed E-state index contributed by atoms with van der Waals surface area (Å²) >= 11 is 0. The van der Waals surface area contributed by atoms with Crippen LogP contribution in [-0.2, 0) is 14.3 Å². The average Bonchev–Trinajstić information content (AvgIpc) is 2.97. The summed E-state index contributed by atoms with van der Waals surface area (Å²) in [6.07, 6.45) is 1.39. The standard InChI is InChI=1S/C17H25N3O3.ClH/c1-23-14(11-18)10-16(21)19-15(13-6-3-2-4-7-13)12-20-9-5-8-17(20)22;/h2-4,6-7,14-15H,5,8-12,18H2,1H3,(H,19,21);1H. The van der Waals surface area contributed by atoms with E-state index in [1.165, 1.54) is 0 Å². The van der Waals surface area contributed by atoms with Gasteiger partial charge in [-0.25, -0.2) is 0 Å². The summed E-state index contributed by atoms with van der Waals surface area (Å²) in [5, 5.41) is 3.01. The molecule has 0 saturated carbocycles. The minimum absolute atomic E-state index is 0. The lowest BCUT2D eigenvalue weighted by Gasteiger charge is -2.26. The molecule has 1 heterocycles. The molecule has 1 aromatic rings. The van der Waals surface area contributed by atoms with Crippen molar-refractivity contribution in [1.82, 2.24) is 10.2 Å². The second-order valence-electron chi connectivity index (χ2n) is 5.77. The Morgan fingerprint density at radius 3 is 2.62 bits per heavy atom. The van der Waals surface area contributed by atoms with Crippen LogP contribution >= 0.6 is 12.4 Å². The zero-order valence-electron chi connectivity index (χ0n) is 13.9. The summed E-state index contributed by atoms with van der Waals surface area (Å²) in [5.74, 6) is 0.0275. The van der Waals surface area contributed by atoms with E-state index >= 15 is 0 Å². The number of nitrogens with two attached hydrogens (primary N) is 1. The number of carbonyl (C=O) groups excluding carboxylic acids is 2. The molecular weight excluding hydrogens is 330 g/mol. The lowest BCUT2D eigenvalue weighted by molar-refractivity contribution is -0.129. The van der Waals surface area contributed by atoms with Crippen LogP contribution in [0.4, 0.5) is 0 Å².